The second kappa shape index (κ2) is 12.6. The van der Waals surface area contributed by atoms with Crippen LogP contribution in [0.25, 0.3) is 61.7 Å². The van der Waals surface area contributed by atoms with E-state index < -0.39 is 0 Å². The smallest absolute Gasteiger partial charge is 0.164 e. The highest BCUT2D eigenvalue weighted by molar-refractivity contribution is 9.10. The van der Waals surface area contributed by atoms with Gasteiger partial charge in [-0.15, -0.1) is 0 Å². The molecule has 4 nitrogen and oxygen atoms in total. The molecule has 0 N–H and O–H groups in total. The van der Waals surface area contributed by atoms with Gasteiger partial charge in [-0.05, 0) is 126 Å². The Morgan fingerprint density at radius 3 is 1.20 bits per heavy atom. The SMILES string of the molecule is Cc1cc(-c2nc(-c3ccc(Br)c(C)c3)nc(-c3ccc(-n4c5ccc(C(C)(C)C)cc5c5cc(C(C)(C)C)ccc54)c(C)c3)n2)ccc1Br. The average Bonchev–Trinajstić information content (AvgIpc) is 3.39. The number of fused-ring (bicyclic) bond motifs is 3. The molecule has 0 saturated carbocycles. The fraction of sp³-hybridized carbons (Fsp3) is 0.250. The second-order valence-electron chi connectivity index (χ2n) is 15.5. The van der Waals surface area contributed by atoms with Crippen LogP contribution in [0.4, 0.5) is 0 Å². The highest BCUT2D eigenvalue weighted by Crippen LogP contribution is 2.39. The molecule has 6 heteroatoms. The Bertz CT molecular complexity index is 2320. The maximum Gasteiger partial charge on any atom is 0.164 e. The van der Waals surface area contributed by atoms with Gasteiger partial charge in [-0.2, -0.15) is 0 Å². The number of hydrogen-bond donors (Lipinski definition) is 0. The minimum Gasteiger partial charge on any atom is -0.309 e. The van der Waals surface area contributed by atoms with Crippen molar-refractivity contribution in [1.82, 2.24) is 19.5 Å². The van der Waals surface area contributed by atoms with Crippen molar-refractivity contribution in [2.24, 2.45) is 0 Å². The normalized spacial score (nSPS) is 12.3. The first-order valence-electron chi connectivity index (χ1n) is 17.1. The molecule has 7 aromatic rings. The van der Waals surface area contributed by atoms with Crippen molar-refractivity contribution in [3.8, 4) is 39.9 Å². The maximum atomic E-state index is 5.06. The Hall–Kier alpha value is -4.13. The average molecular weight is 787 g/mol. The summed E-state index contributed by atoms with van der Waals surface area (Å²) < 4.78 is 4.53. The summed E-state index contributed by atoms with van der Waals surface area (Å²) in [6.45, 7) is 20.0. The van der Waals surface area contributed by atoms with Crippen LogP contribution in [0.2, 0.25) is 0 Å². The van der Waals surface area contributed by atoms with Gasteiger partial charge in [0.15, 0.2) is 17.5 Å². The van der Waals surface area contributed by atoms with Crippen molar-refractivity contribution in [3.63, 3.8) is 0 Å². The number of rotatable bonds is 4. The molecule has 50 heavy (non-hydrogen) atoms. The number of aromatic nitrogens is 4. The van der Waals surface area contributed by atoms with Gasteiger partial charge in [0.05, 0.1) is 11.0 Å². The largest absolute Gasteiger partial charge is 0.309 e. The summed E-state index contributed by atoms with van der Waals surface area (Å²) in [7, 11) is 0. The zero-order chi connectivity index (χ0) is 35.7. The Morgan fingerprint density at radius 1 is 0.460 bits per heavy atom. The lowest BCUT2D eigenvalue weighted by Gasteiger charge is -2.19. The summed E-state index contributed by atoms with van der Waals surface area (Å²) in [5.74, 6) is 1.94. The van der Waals surface area contributed by atoms with Crippen LogP contribution in [0.1, 0.15) is 69.4 Å². The molecule has 0 aliphatic rings. The van der Waals surface area contributed by atoms with E-state index in [1.807, 2.05) is 0 Å². The van der Waals surface area contributed by atoms with Gasteiger partial charge in [0, 0.05) is 42.1 Å². The zero-order valence-electron chi connectivity index (χ0n) is 30.2. The standard InChI is InChI=1S/C44H42Br2N4/c1-25-20-28(10-15-35(25)45)40-47-41(29-11-16-36(46)26(2)21-29)49-42(48-40)30-12-17-37(27(3)22-30)50-38-18-13-31(43(4,5)6)23-33(38)34-24-32(44(7,8)9)14-19-39(34)50/h10-24H,1-9H3. The maximum absolute atomic E-state index is 5.06. The number of nitrogens with zero attached hydrogens (tertiary/aromatic N) is 4. The Morgan fingerprint density at radius 2 is 0.840 bits per heavy atom. The highest BCUT2D eigenvalue weighted by atomic mass is 79.9. The molecule has 0 bridgehead atoms. The molecule has 0 spiro atoms. The molecule has 252 valence electrons. The third-order valence-corrected chi connectivity index (χ3v) is 11.4. The zero-order valence-corrected chi connectivity index (χ0v) is 33.4. The van der Waals surface area contributed by atoms with Crippen LogP contribution in [-0.4, -0.2) is 19.5 Å². The summed E-state index contributed by atoms with van der Waals surface area (Å²) in [6.07, 6.45) is 0. The third kappa shape index (κ3) is 6.33. The van der Waals surface area contributed by atoms with Crippen molar-refractivity contribution in [3.05, 3.63) is 128 Å². The lowest BCUT2D eigenvalue weighted by atomic mass is 9.85. The fourth-order valence-electron chi connectivity index (χ4n) is 6.59. The van der Waals surface area contributed by atoms with Crippen LogP contribution < -0.4 is 0 Å². The van der Waals surface area contributed by atoms with Crippen LogP contribution in [-0.2, 0) is 10.8 Å². The lowest BCUT2D eigenvalue weighted by molar-refractivity contribution is 0.590. The predicted octanol–water partition coefficient (Wildman–Crippen LogP) is 13.0. The minimum atomic E-state index is 0.0496. The molecule has 7 rings (SSSR count). The predicted molar refractivity (Wildman–Crippen MR) is 217 cm³/mol. The van der Waals surface area contributed by atoms with Gasteiger partial charge < -0.3 is 4.57 Å². The van der Waals surface area contributed by atoms with Crippen molar-refractivity contribution in [2.45, 2.75) is 73.1 Å². The molecule has 5 aromatic carbocycles. The summed E-state index contributed by atoms with van der Waals surface area (Å²) in [4.78, 5) is 15.1. The van der Waals surface area contributed by atoms with Gasteiger partial charge in [-0.25, -0.2) is 15.0 Å². The van der Waals surface area contributed by atoms with E-state index in [4.69, 9.17) is 15.0 Å². The molecular formula is C44H42Br2N4. The first-order chi connectivity index (χ1) is 23.6. The van der Waals surface area contributed by atoms with Crippen molar-refractivity contribution in [2.75, 3.05) is 0 Å². The van der Waals surface area contributed by atoms with Gasteiger partial charge in [0.2, 0.25) is 0 Å². The highest BCUT2D eigenvalue weighted by Gasteiger charge is 2.22. The van der Waals surface area contributed by atoms with Crippen LogP contribution in [0.15, 0.2) is 99.9 Å². The Balaban J connectivity index is 1.41. The van der Waals surface area contributed by atoms with E-state index in [1.165, 1.54) is 32.9 Å². The Labute approximate surface area is 312 Å². The van der Waals surface area contributed by atoms with Crippen LogP contribution in [0, 0.1) is 20.8 Å². The molecule has 0 radical (unpaired) electrons. The van der Waals surface area contributed by atoms with E-state index in [9.17, 15) is 0 Å². The van der Waals surface area contributed by atoms with Crippen molar-refractivity contribution in [1.29, 1.82) is 0 Å². The van der Waals surface area contributed by atoms with E-state index in [0.29, 0.717) is 17.5 Å². The molecule has 0 atom stereocenters. The summed E-state index contributed by atoms with van der Waals surface area (Å²) >= 11 is 7.29. The van der Waals surface area contributed by atoms with E-state index in [2.05, 4.69) is 190 Å². The molecule has 0 aliphatic heterocycles. The summed E-state index contributed by atoms with van der Waals surface area (Å²) in [6, 6.07) is 33.0. The number of benzene rings is 5. The fourth-order valence-corrected chi connectivity index (χ4v) is 7.09. The van der Waals surface area contributed by atoms with Gasteiger partial charge in [-0.1, -0.05) is 97.7 Å². The van der Waals surface area contributed by atoms with Gasteiger partial charge in [-0.3, -0.25) is 0 Å². The molecule has 0 amide bonds. The number of hydrogen-bond acceptors (Lipinski definition) is 3. The van der Waals surface area contributed by atoms with Crippen LogP contribution >= 0.6 is 31.9 Å². The first-order valence-corrected chi connectivity index (χ1v) is 18.7. The van der Waals surface area contributed by atoms with Crippen LogP contribution in [0.3, 0.4) is 0 Å². The monoisotopic (exact) mass is 784 g/mol. The van der Waals surface area contributed by atoms with E-state index in [0.717, 1.165) is 48.0 Å². The van der Waals surface area contributed by atoms with Crippen LogP contribution in [0.5, 0.6) is 0 Å². The quantitative estimate of drug-likeness (QED) is 0.178. The molecule has 2 heterocycles. The van der Waals surface area contributed by atoms with E-state index >= 15 is 0 Å². The molecular weight excluding hydrogens is 744 g/mol. The molecule has 0 fully saturated rings. The number of halogens is 2. The summed E-state index contributed by atoms with van der Waals surface area (Å²) in [5, 5.41) is 2.56. The lowest BCUT2D eigenvalue weighted by Crippen LogP contribution is -2.10. The Kier molecular flexibility index (Phi) is 8.63. The number of aryl methyl sites for hydroxylation is 3. The van der Waals surface area contributed by atoms with Crippen molar-refractivity contribution >= 4 is 53.7 Å². The molecule has 0 unspecified atom stereocenters. The molecule has 2 aromatic heterocycles. The third-order valence-electron chi connectivity index (χ3n) is 9.66. The van der Waals surface area contributed by atoms with Gasteiger partial charge in [0.1, 0.15) is 0 Å². The van der Waals surface area contributed by atoms with Crippen molar-refractivity contribution < 1.29 is 0 Å². The minimum absolute atomic E-state index is 0.0496. The first kappa shape index (κ1) is 34.3. The topological polar surface area (TPSA) is 43.6 Å². The van der Waals surface area contributed by atoms with E-state index in [-0.39, 0.29) is 10.8 Å². The van der Waals surface area contributed by atoms with Gasteiger partial charge in [0.25, 0.3) is 0 Å². The van der Waals surface area contributed by atoms with E-state index in [1.54, 1.807) is 0 Å². The molecule has 0 saturated heterocycles. The molecule has 0 aliphatic carbocycles. The van der Waals surface area contributed by atoms with Gasteiger partial charge >= 0.3 is 0 Å². The summed E-state index contributed by atoms with van der Waals surface area (Å²) in [5.41, 5.74) is 12.6. The second-order valence-corrected chi connectivity index (χ2v) is 17.2.